The highest BCUT2D eigenvalue weighted by atomic mass is 16.5. The molecule has 0 saturated carbocycles. The topological polar surface area (TPSA) is 64.1 Å². The molecule has 1 aliphatic rings. The summed E-state index contributed by atoms with van der Waals surface area (Å²) in [5.41, 5.74) is 0.827. The summed E-state index contributed by atoms with van der Waals surface area (Å²) in [6.07, 6.45) is 1.86. The molecule has 1 aliphatic heterocycles. The van der Waals surface area contributed by atoms with E-state index in [1.165, 1.54) is 0 Å². The van der Waals surface area contributed by atoms with Crippen LogP contribution < -0.4 is 10.1 Å². The molecule has 1 unspecified atom stereocenters. The Morgan fingerprint density at radius 3 is 3.14 bits per heavy atom. The van der Waals surface area contributed by atoms with Gasteiger partial charge in [-0.15, -0.1) is 0 Å². The molecule has 74 valence electrons. The van der Waals surface area contributed by atoms with Gasteiger partial charge in [0.2, 0.25) is 0 Å². The van der Waals surface area contributed by atoms with Gasteiger partial charge in [-0.25, -0.2) is 9.97 Å². The van der Waals surface area contributed by atoms with Crippen LogP contribution >= 0.6 is 0 Å². The lowest BCUT2D eigenvalue weighted by Gasteiger charge is -2.08. The quantitative estimate of drug-likeness (QED) is 0.721. The van der Waals surface area contributed by atoms with Gasteiger partial charge in [0.1, 0.15) is 0 Å². The summed E-state index contributed by atoms with van der Waals surface area (Å²) in [5, 5.41) is 2.68. The number of hydrogen-bond donors (Lipinski definition) is 1. The predicted molar refractivity (Wildman–Crippen MR) is 48.8 cm³/mol. The third kappa shape index (κ3) is 1.81. The van der Waals surface area contributed by atoms with Crippen LogP contribution in [0.3, 0.4) is 0 Å². The lowest BCUT2D eigenvalue weighted by Crippen LogP contribution is -2.28. The molecule has 0 aromatic carbocycles. The molecule has 14 heavy (non-hydrogen) atoms. The number of amides is 1. The van der Waals surface area contributed by atoms with Gasteiger partial charge in [-0.1, -0.05) is 0 Å². The fourth-order valence-electron chi connectivity index (χ4n) is 1.29. The van der Waals surface area contributed by atoms with Gasteiger partial charge in [-0.05, 0) is 13.0 Å². The molecule has 1 amide bonds. The van der Waals surface area contributed by atoms with Crippen LogP contribution in [0.25, 0.3) is 0 Å². The van der Waals surface area contributed by atoms with Crippen molar-refractivity contribution >= 4 is 5.91 Å². The molecule has 5 heteroatoms. The molecule has 1 N–H and O–H groups in total. The molecule has 0 bridgehead atoms. The van der Waals surface area contributed by atoms with Gasteiger partial charge in [-0.2, -0.15) is 0 Å². The maximum absolute atomic E-state index is 11.2. The zero-order valence-electron chi connectivity index (χ0n) is 7.86. The van der Waals surface area contributed by atoms with E-state index < -0.39 is 6.10 Å². The van der Waals surface area contributed by atoms with Crippen molar-refractivity contribution in [3.05, 3.63) is 18.0 Å². The summed E-state index contributed by atoms with van der Waals surface area (Å²) >= 11 is 0. The van der Waals surface area contributed by atoms with Crippen molar-refractivity contribution in [3.63, 3.8) is 0 Å². The van der Waals surface area contributed by atoms with Crippen LogP contribution in [-0.4, -0.2) is 28.5 Å². The Balaban J connectivity index is 2.07. The number of aromatic nitrogens is 2. The van der Waals surface area contributed by atoms with E-state index in [4.69, 9.17) is 4.74 Å². The summed E-state index contributed by atoms with van der Waals surface area (Å²) in [4.78, 5) is 19.2. The average Bonchev–Trinajstić information content (AvgIpc) is 2.52. The first kappa shape index (κ1) is 8.93. The van der Waals surface area contributed by atoms with E-state index >= 15 is 0 Å². The smallest absolute Gasteiger partial charge is 0.317 e. The number of nitrogens with one attached hydrogen (secondary N) is 1. The lowest BCUT2D eigenvalue weighted by atomic mass is 10.3. The first-order valence-corrected chi connectivity index (χ1v) is 4.50. The van der Waals surface area contributed by atoms with Crippen LogP contribution in [0.1, 0.15) is 12.1 Å². The van der Waals surface area contributed by atoms with Gasteiger partial charge in [0.15, 0.2) is 6.10 Å². The molecule has 0 aliphatic carbocycles. The standard InChI is InChI=1S/C9H11N3O2/c1-6-2-4-11-9(12-6)14-7-3-5-10-8(7)13/h2,4,7H,3,5H2,1H3,(H,10,13). The minimum atomic E-state index is -0.434. The molecule has 1 fully saturated rings. The van der Waals surface area contributed by atoms with Crippen molar-refractivity contribution in [1.82, 2.24) is 15.3 Å². The Morgan fingerprint density at radius 1 is 1.64 bits per heavy atom. The highest BCUT2D eigenvalue weighted by molar-refractivity contribution is 5.82. The molecule has 2 rings (SSSR count). The molecule has 1 saturated heterocycles. The third-order valence-electron chi connectivity index (χ3n) is 2.02. The third-order valence-corrected chi connectivity index (χ3v) is 2.02. The summed E-state index contributed by atoms with van der Waals surface area (Å²) in [5.74, 6) is -0.0879. The van der Waals surface area contributed by atoms with Crippen LogP contribution in [0.4, 0.5) is 0 Å². The van der Waals surface area contributed by atoms with Crippen LogP contribution in [0, 0.1) is 6.92 Å². The number of nitrogens with zero attached hydrogens (tertiary/aromatic N) is 2. The highest BCUT2D eigenvalue weighted by Crippen LogP contribution is 2.09. The van der Waals surface area contributed by atoms with Crippen molar-refractivity contribution in [1.29, 1.82) is 0 Å². The second kappa shape index (κ2) is 3.61. The molecule has 1 atom stereocenters. The summed E-state index contributed by atoms with van der Waals surface area (Å²) in [6, 6.07) is 2.05. The normalized spacial score (nSPS) is 20.6. The SMILES string of the molecule is Cc1ccnc(OC2CCNC2=O)n1. The van der Waals surface area contributed by atoms with E-state index in [9.17, 15) is 4.79 Å². The maximum atomic E-state index is 11.2. The van der Waals surface area contributed by atoms with Gasteiger partial charge in [0.05, 0.1) is 0 Å². The van der Waals surface area contributed by atoms with Crippen LogP contribution in [0.15, 0.2) is 12.3 Å². The van der Waals surface area contributed by atoms with E-state index in [0.717, 1.165) is 5.69 Å². The van der Waals surface area contributed by atoms with Gasteiger partial charge in [0.25, 0.3) is 5.91 Å². The monoisotopic (exact) mass is 193 g/mol. The molecule has 1 aromatic rings. The number of hydrogen-bond acceptors (Lipinski definition) is 4. The van der Waals surface area contributed by atoms with Gasteiger partial charge in [0, 0.05) is 24.9 Å². The highest BCUT2D eigenvalue weighted by Gasteiger charge is 2.26. The fourth-order valence-corrected chi connectivity index (χ4v) is 1.29. The Kier molecular flexibility index (Phi) is 2.30. The van der Waals surface area contributed by atoms with Gasteiger partial charge < -0.3 is 10.1 Å². The molecule has 0 radical (unpaired) electrons. The molecular weight excluding hydrogens is 182 g/mol. The van der Waals surface area contributed by atoms with Crippen LogP contribution in [0.5, 0.6) is 6.01 Å². The van der Waals surface area contributed by atoms with Crippen LogP contribution in [-0.2, 0) is 4.79 Å². The lowest BCUT2D eigenvalue weighted by molar-refractivity contribution is -0.125. The van der Waals surface area contributed by atoms with E-state index in [-0.39, 0.29) is 11.9 Å². The largest absolute Gasteiger partial charge is 0.450 e. The predicted octanol–water partition coefficient (Wildman–Crippen LogP) is 0.0523. The Bertz CT molecular complexity index is 354. The summed E-state index contributed by atoms with van der Waals surface area (Å²) in [7, 11) is 0. The number of ether oxygens (including phenoxy) is 1. The second-order valence-corrected chi connectivity index (χ2v) is 3.17. The van der Waals surface area contributed by atoms with Crippen LogP contribution in [0.2, 0.25) is 0 Å². The fraction of sp³-hybridized carbons (Fsp3) is 0.444. The zero-order valence-corrected chi connectivity index (χ0v) is 7.86. The van der Waals surface area contributed by atoms with E-state index in [0.29, 0.717) is 13.0 Å². The van der Waals surface area contributed by atoms with Crippen molar-refractivity contribution in [2.45, 2.75) is 19.4 Å². The molecule has 0 spiro atoms. The minimum absolute atomic E-state index is 0.0879. The number of rotatable bonds is 2. The van der Waals surface area contributed by atoms with Crippen molar-refractivity contribution < 1.29 is 9.53 Å². The molecule has 5 nitrogen and oxygen atoms in total. The van der Waals surface area contributed by atoms with Gasteiger partial charge >= 0.3 is 6.01 Å². The minimum Gasteiger partial charge on any atom is -0.450 e. The summed E-state index contributed by atoms with van der Waals surface area (Å²) in [6.45, 7) is 2.51. The van der Waals surface area contributed by atoms with Crippen molar-refractivity contribution in [2.24, 2.45) is 0 Å². The second-order valence-electron chi connectivity index (χ2n) is 3.17. The Hall–Kier alpha value is -1.65. The molecular formula is C9H11N3O2. The van der Waals surface area contributed by atoms with Gasteiger partial charge in [-0.3, -0.25) is 4.79 Å². The summed E-state index contributed by atoms with van der Waals surface area (Å²) < 4.78 is 5.33. The Morgan fingerprint density at radius 2 is 2.50 bits per heavy atom. The maximum Gasteiger partial charge on any atom is 0.317 e. The molecule has 2 heterocycles. The average molecular weight is 193 g/mol. The first-order valence-electron chi connectivity index (χ1n) is 4.50. The Labute approximate surface area is 81.5 Å². The van der Waals surface area contributed by atoms with Crippen molar-refractivity contribution in [2.75, 3.05) is 6.54 Å². The number of carbonyl (C=O) groups is 1. The van der Waals surface area contributed by atoms with E-state index in [1.54, 1.807) is 12.3 Å². The number of carbonyl (C=O) groups excluding carboxylic acids is 1. The zero-order chi connectivity index (χ0) is 9.97. The molecule has 1 aromatic heterocycles. The van der Waals surface area contributed by atoms with E-state index in [1.807, 2.05) is 6.92 Å². The number of aryl methyl sites for hydroxylation is 1. The first-order chi connectivity index (χ1) is 6.75. The van der Waals surface area contributed by atoms with E-state index in [2.05, 4.69) is 15.3 Å². The van der Waals surface area contributed by atoms with Crippen molar-refractivity contribution in [3.8, 4) is 6.01 Å².